The molecular formula is C11H10F3N5O. The standard InChI is InChI=1S/C11H10F3N5O/c1-19-10(20)8(9(15)18-19)17-16-7-4-2-3-6(5-7)11(12,13)14/h2-5,18H,15H2,1H3. The Kier molecular flexibility index (Phi) is 3.35. The Balaban J connectivity index is 2.35. The van der Waals surface area contributed by atoms with Crippen LogP contribution in [0.1, 0.15) is 5.56 Å². The largest absolute Gasteiger partial charge is 0.416 e. The molecule has 1 aromatic carbocycles. The van der Waals surface area contributed by atoms with Crippen molar-refractivity contribution in [3.05, 3.63) is 40.2 Å². The van der Waals surface area contributed by atoms with E-state index in [-0.39, 0.29) is 17.2 Å². The molecule has 0 atom stereocenters. The molecule has 0 radical (unpaired) electrons. The van der Waals surface area contributed by atoms with E-state index in [1.807, 2.05) is 0 Å². The average Bonchev–Trinajstić information content (AvgIpc) is 2.61. The first kappa shape index (κ1) is 13.8. The topological polar surface area (TPSA) is 88.5 Å². The summed E-state index contributed by atoms with van der Waals surface area (Å²) in [4.78, 5) is 11.6. The minimum Gasteiger partial charge on any atom is -0.382 e. The highest BCUT2D eigenvalue weighted by Gasteiger charge is 2.30. The third kappa shape index (κ3) is 2.71. The zero-order valence-corrected chi connectivity index (χ0v) is 10.3. The fourth-order valence-corrected chi connectivity index (χ4v) is 1.51. The first-order chi connectivity index (χ1) is 9.29. The Morgan fingerprint density at radius 3 is 2.55 bits per heavy atom. The SMILES string of the molecule is Cn1[nH]c(N)c(N=Nc2cccc(C(F)(F)F)c2)c1=O. The lowest BCUT2D eigenvalue weighted by Crippen LogP contribution is -2.10. The van der Waals surface area contributed by atoms with Crippen molar-refractivity contribution in [2.24, 2.45) is 17.3 Å². The molecule has 1 aromatic heterocycles. The van der Waals surface area contributed by atoms with Gasteiger partial charge in [0.25, 0.3) is 5.56 Å². The van der Waals surface area contributed by atoms with E-state index in [4.69, 9.17) is 5.73 Å². The average molecular weight is 285 g/mol. The molecule has 0 unspecified atom stereocenters. The summed E-state index contributed by atoms with van der Waals surface area (Å²) >= 11 is 0. The summed E-state index contributed by atoms with van der Waals surface area (Å²) in [5, 5.41) is 9.68. The monoisotopic (exact) mass is 285 g/mol. The third-order valence-electron chi connectivity index (χ3n) is 2.49. The molecule has 0 spiro atoms. The Labute approximate surface area is 110 Å². The summed E-state index contributed by atoms with van der Waals surface area (Å²) in [7, 11) is 1.43. The van der Waals surface area contributed by atoms with Crippen LogP contribution < -0.4 is 11.3 Å². The van der Waals surface area contributed by atoms with Crippen LogP contribution in [-0.2, 0) is 13.2 Å². The zero-order valence-electron chi connectivity index (χ0n) is 10.3. The van der Waals surface area contributed by atoms with E-state index in [0.717, 1.165) is 16.8 Å². The van der Waals surface area contributed by atoms with Gasteiger partial charge < -0.3 is 5.73 Å². The van der Waals surface area contributed by atoms with E-state index >= 15 is 0 Å². The van der Waals surface area contributed by atoms with Gasteiger partial charge in [0.15, 0.2) is 5.69 Å². The maximum Gasteiger partial charge on any atom is 0.416 e. The highest BCUT2D eigenvalue weighted by molar-refractivity contribution is 5.55. The molecule has 0 fully saturated rings. The lowest BCUT2D eigenvalue weighted by molar-refractivity contribution is -0.137. The Hall–Kier alpha value is -2.58. The maximum atomic E-state index is 12.5. The van der Waals surface area contributed by atoms with E-state index in [0.29, 0.717) is 0 Å². The van der Waals surface area contributed by atoms with Crippen molar-refractivity contribution in [1.82, 2.24) is 9.78 Å². The molecule has 0 aliphatic rings. The van der Waals surface area contributed by atoms with Crippen molar-refractivity contribution in [2.75, 3.05) is 5.73 Å². The summed E-state index contributed by atoms with van der Waals surface area (Å²) in [6.45, 7) is 0. The van der Waals surface area contributed by atoms with E-state index in [2.05, 4.69) is 15.3 Å². The molecule has 0 aliphatic carbocycles. The number of aromatic nitrogens is 2. The summed E-state index contributed by atoms with van der Waals surface area (Å²) < 4.78 is 38.6. The number of hydrogen-bond acceptors (Lipinski definition) is 4. The van der Waals surface area contributed by atoms with Crippen LogP contribution in [0.25, 0.3) is 0 Å². The molecule has 6 nitrogen and oxygen atoms in total. The number of alkyl halides is 3. The molecule has 9 heteroatoms. The van der Waals surface area contributed by atoms with Crippen LogP contribution in [-0.4, -0.2) is 9.78 Å². The Morgan fingerprint density at radius 2 is 2.00 bits per heavy atom. The number of benzene rings is 1. The number of nitrogen functional groups attached to an aromatic ring is 1. The molecule has 106 valence electrons. The number of H-pyrrole nitrogens is 1. The van der Waals surface area contributed by atoms with Gasteiger partial charge in [-0.25, -0.2) is 0 Å². The van der Waals surface area contributed by atoms with Crippen molar-refractivity contribution in [2.45, 2.75) is 6.18 Å². The molecule has 0 saturated heterocycles. The summed E-state index contributed by atoms with van der Waals surface area (Å²) in [5.41, 5.74) is 3.96. The zero-order chi connectivity index (χ0) is 14.9. The van der Waals surface area contributed by atoms with Crippen LogP contribution in [0, 0.1) is 0 Å². The van der Waals surface area contributed by atoms with Gasteiger partial charge in [-0.1, -0.05) is 6.07 Å². The molecule has 0 amide bonds. The van der Waals surface area contributed by atoms with Gasteiger partial charge in [-0.2, -0.15) is 18.3 Å². The number of halogens is 3. The molecule has 3 N–H and O–H groups in total. The van der Waals surface area contributed by atoms with E-state index in [1.54, 1.807) is 0 Å². The van der Waals surface area contributed by atoms with Gasteiger partial charge in [-0.15, -0.1) is 5.11 Å². The Morgan fingerprint density at radius 1 is 1.30 bits per heavy atom. The second kappa shape index (κ2) is 4.83. The minimum absolute atomic E-state index is 0.00627. The summed E-state index contributed by atoms with van der Waals surface area (Å²) in [6, 6.07) is 4.29. The molecule has 0 saturated carbocycles. The van der Waals surface area contributed by atoms with Crippen molar-refractivity contribution >= 4 is 17.2 Å². The van der Waals surface area contributed by atoms with Gasteiger partial charge in [-0.3, -0.25) is 14.6 Å². The number of nitrogens with zero attached hydrogens (tertiary/aromatic N) is 3. The quantitative estimate of drug-likeness (QED) is 0.831. The minimum atomic E-state index is -4.46. The van der Waals surface area contributed by atoms with Gasteiger partial charge in [0, 0.05) is 7.05 Å². The van der Waals surface area contributed by atoms with Gasteiger partial charge in [0.1, 0.15) is 5.82 Å². The molecule has 1 heterocycles. The number of hydrogen-bond donors (Lipinski definition) is 2. The van der Waals surface area contributed by atoms with Crippen molar-refractivity contribution in [1.29, 1.82) is 0 Å². The predicted molar refractivity (Wildman–Crippen MR) is 66.1 cm³/mol. The van der Waals surface area contributed by atoms with E-state index in [9.17, 15) is 18.0 Å². The second-order valence-corrected chi connectivity index (χ2v) is 3.99. The molecule has 2 aromatic rings. The number of aryl methyl sites for hydroxylation is 1. The fraction of sp³-hybridized carbons (Fsp3) is 0.182. The van der Waals surface area contributed by atoms with Gasteiger partial charge >= 0.3 is 6.18 Å². The van der Waals surface area contributed by atoms with Crippen molar-refractivity contribution in [3.8, 4) is 0 Å². The third-order valence-corrected chi connectivity index (χ3v) is 2.49. The highest BCUT2D eigenvalue weighted by atomic mass is 19.4. The number of azo groups is 1. The second-order valence-electron chi connectivity index (χ2n) is 3.99. The van der Waals surface area contributed by atoms with E-state index < -0.39 is 17.3 Å². The first-order valence-corrected chi connectivity index (χ1v) is 5.42. The van der Waals surface area contributed by atoms with Crippen LogP contribution in [0.3, 0.4) is 0 Å². The van der Waals surface area contributed by atoms with E-state index in [1.165, 1.54) is 19.2 Å². The number of aromatic amines is 1. The lowest BCUT2D eigenvalue weighted by Gasteiger charge is -2.05. The lowest BCUT2D eigenvalue weighted by atomic mass is 10.2. The number of nitrogens with one attached hydrogen (secondary N) is 1. The summed E-state index contributed by atoms with van der Waals surface area (Å²) in [5.74, 6) is -0.00627. The normalized spacial score (nSPS) is 12.2. The number of rotatable bonds is 2. The summed E-state index contributed by atoms with van der Waals surface area (Å²) in [6.07, 6.45) is -4.46. The van der Waals surface area contributed by atoms with Crippen LogP contribution in [0.2, 0.25) is 0 Å². The molecular weight excluding hydrogens is 275 g/mol. The molecule has 20 heavy (non-hydrogen) atoms. The maximum absolute atomic E-state index is 12.5. The van der Waals surface area contributed by atoms with Gasteiger partial charge in [0.05, 0.1) is 11.3 Å². The van der Waals surface area contributed by atoms with Crippen LogP contribution in [0.5, 0.6) is 0 Å². The number of nitrogens with two attached hydrogens (primary N) is 1. The Bertz CT molecular complexity index is 714. The van der Waals surface area contributed by atoms with Crippen LogP contribution >= 0.6 is 0 Å². The van der Waals surface area contributed by atoms with Crippen molar-refractivity contribution in [3.63, 3.8) is 0 Å². The number of anilines is 1. The molecule has 2 rings (SSSR count). The molecule has 0 bridgehead atoms. The van der Waals surface area contributed by atoms with Crippen LogP contribution in [0.15, 0.2) is 39.3 Å². The van der Waals surface area contributed by atoms with Gasteiger partial charge in [0.2, 0.25) is 0 Å². The van der Waals surface area contributed by atoms with Gasteiger partial charge in [-0.05, 0) is 18.2 Å². The fourth-order valence-electron chi connectivity index (χ4n) is 1.51. The highest BCUT2D eigenvalue weighted by Crippen LogP contribution is 2.31. The van der Waals surface area contributed by atoms with Crippen molar-refractivity contribution < 1.29 is 13.2 Å². The molecule has 0 aliphatic heterocycles. The van der Waals surface area contributed by atoms with Crippen LogP contribution in [0.4, 0.5) is 30.4 Å². The predicted octanol–water partition coefficient (Wildman–Crippen LogP) is 2.73. The smallest absolute Gasteiger partial charge is 0.382 e. The first-order valence-electron chi connectivity index (χ1n) is 5.42.